The fourth-order valence-electron chi connectivity index (χ4n) is 5.51. The average molecular weight is 552 g/mol. The van der Waals surface area contributed by atoms with E-state index in [2.05, 4.69) is 0 Å². The van der Waals surface area contributed by atoms with Crippen molar-refractivity contribution in [2.45, 2.75) is 50.4 Å². The molecule has 3 aliphatic rings. The standard InChI is InChI=1S/C30H34FN3O4S/c1-2-38-30(37)33-17-15-32(16-18-33)28(35)23-11-7-21(8-12-23)19-27-29(36)34(20-22-9-13-24(31)14-10-22)25-5-3-4-6-26(25)39-27/h7-14,19,25-26H,2-6,15-18,20H2,1H3/b27-19-. The van der Waals surface area contributed by atoms with Gasteiger partial charge in [-0.15, -0.1) is 11.8 Å². The molecule has 1 aliphatic carbocycles. The molecular formula is C30H34FN3O4S. The molecule has 9 heteroatoms. The van der Waals surface area contributed by atoms with E-state index in [4.69, 9.17) is 4.74 Å². The molecule has 1 saturated carbocycles. The maximum atomic E-state index is 13.6. The van der Waals surface area contributed by atoms with E-state index in [9.17, 15) is 18.8 Å². The van der Waals surface area contributed by atoms with Crippen molar-refractivity contribution < 1.29 is 23.5 Å². The molecule has 2 aromatic rings. The number of amides is 3. The number of piperazine rings is 1. The second-order valence-corrected chi connectivity index (χ2v) is 11.5. The van der Waals surface area contributed by atoms with Crippen molar-refractivity contribution in [2.75, 3.05) is 32.8 Å². The molecule has 2 saturated heterocycles. The lowest BCUT2D eigenvalue weighted by Crippen LogP contribution is -2.50. The normalized spacial score (nSPS) is 22.6. The van der Waals surface area contributed by atoms with E-state index < -0.39 is 0 Å². The number of rotatable bonds is 5. The minimum atomic E-state index is -0.340. The van der Waals surface area contributed by atoms with Crippen molar-refractivity contribution in [1.29, 1.82) is 0 Å². The van der Waals surface area contributed by atoms with Crippen LogP contribution in [0.1, 0.15) is 54.1 Å². The number of hydrogen-bond acceptors (Lipinski definition) is 5. The molecule has 2 aliphatic heterocycles. The maximum absolute atomic E-state index is 13.6. The first kappa shape index (κ1) is 27.2. The lowest BCUT2D eigenvalue weighted by atomic mass is 9.92. The first-order valence-electron chi connectivity index (χ1n) is 13.7. The third-order valence-corrected chi connectivity index (χ3v) is 9.03. The number of halogens is 1. The Kier molecular flexibility index (Phi) is 8.55. The molecule has 0 bridgehead atoms. The zero-order valence-electron chi connectivity index (χ0n) is 22.2. The van der Waals surface area contributed by atoms with Crippen molar-refractivity contribution >= 4 is 35.7 Å². The van der Waals surface area contributed by atoms with Crippen molar-refractivity contribution in [1.82, 2.24) is 14.7 Å². The summed E-state index contributed by atoms with van der Waals surface area (Å²) in [4.78, 5) is 44.6. The van der Waals surface area contributed by atoms with Gasteiger partial charge in [0.25, 0.3) is 11.8 Å². The highest BCUT2D eigenvalue weighted by molar-refractivity contribution is 8.04. The molecule has 2 unspecified atom stereocenters. The van der Waals surface area contributed by atoms with Gasteiger partial charge in [0, 0.05) is 49.6 Å². The Bertz CT molecular complexity index is 1230. The van der Waals surface area contributed by atoms with Crippen molar-refractivity contribution in [3.05, 3.63) is 75.9 Å². The molecule has 39 heavy (non-hydrogen) atoms. The van der Waals surface area contributed by atoms with Gasteiger partial charge in [-0.3, -0.25) is 9.59 Å². The maximum Gasteiger partial charge on any atom is 0.409 e. The first-order chi connectivity index (χ1) is 18.9. The molecule has 0 spiro atoms. The molecule has 2 aromatic carbocycles. The van der Waals surface area contributed by atoms with Crippen molar-refractivity contribution in [2.24, 2.45) is 0 Å². The van der Waals surface area contributed by atoms with Gasteiger partial charge < -0.3 is 19.4 Å². The van der Waals surface area contributed by atoms with Gasteiger partial charge in [-0.25, -0.2) is 9.18 Å². The fraction of sp³-hybridized carbons (Fsp3) is 0.433. The highest BCUT2D eigenvalue weighted by atomic mass is 32.2. The van der Waals surface area contributed by atoms with E-state index in [-0.39, 0.29) is 29.8 Å². The van der Waals surface area contributed by atoms with Crippen molar-refractivity contribution in [3.8, 4) is 0 Å². The molecule has 7 nitrogen and oxygen atoms in total. The van der Waals surface area contributed by atoms with E-state index in [1.165, 1.54) is 12.1 Å². The molecule has 3 fully saturated rings. The van der Waals surface area contributed by atoms with Crippen LogP contribution in [0, 0.1) is 5.82 Å². The molecule has 206 valence electrons. The largest absolute Gasteiger partial charge is 0.450 e. The Labute approximate surface area is 233 Å². The summed E-state index contributed by atoms with van der Waals surface area (Å²) in [6.07, 6.45) is 5.90. The number of benzene rings is 2. The number of carbonyl (C=O) groups is 3. The van der Waals surface area contributed by atoms with Gasteiger partial charge in [-0.05, 0) is 61.2 Å². The molecule has 0 aromatic heterocycles. The zero-order chi connectivity index (χ0) is 27.4. The topological polar surface area (TPSA) is 70.2 Å². The third kappa shape index (κ3) is 6.30. The molecule has 2 atom stereocenters. The number of carbonyl (C=O) groups excluding carboxylic acids is 3. The van der Waals surface area contributed by atoms with Crippen LogP contribution in [0.25, 0.3) is 6.08 Å². The number of nitrogens with zero attached hydrogens (tertiary/aromatic N) is 3. The Morgan fingerprint density at radius 2 is 1.64 bits per heavy atom. The second-order valence-electron chi connectivity index (χ2n) is 10.2. The van der Waals surface area contributed by atoms with Crippen LogP contribution in [0.2, 0.25) is 0 Å². The summed E-state index contributed by atoms with van der Waals surface area (Å²) in [5.41, 5.74) is 2.37. The molecule has 0 radical (unpaired) electrons. The summed E-state index contributed by atoms with van der Waals surface area (Å²) in [5.74, 6) is -0.347. The molecule has 0 N–H and O–H groups in total. The molecular weight excluding hydrogens is 517 g/mol. The first-order valence-corrected chi connectivity index (χ1v) is 14.6. The second kappa shape index (κ2) is 12.2. The minimum Gasteiger partial charge on any atom is -0.450 e. The number of ether oxygens (including phenoxy) is 1. The van der Waals surface area contributed by atoms with Crippen LogP contribution in [0.4, 0.5) is 9.18 Å². The third-order valence-electron chi connectivity index (χ3n) is 7.63. The summed E-state index contributed by atoms with van der Waals surface area (Å²) >= 11 is 1.67. The predicted molar refractivity (Wildman–Crippen MR) is 150 cm³/mol. The summed E-state index contributed by atoms with van der Waals surface area (Å²) < 4.78 is 18.5. The Hall–Kier alpha value is -3.33. The SMILES string of the molecule is CCOC(=O)N1CCN(C(=O)c2ccc(/C=C3\SC4CCCCC4N(Cc4ccc(F)cc4)C3=O)cc2)CC1. The van der Waals surface area contributed by atoms with Crippen LogP contribution < -0.4 is 0 Å². The number of hydrogen-bond donors (Lipinski definition) is 0. The van der Waals surface area contributed by atoms with E-state index >= 15 is 0 Å². The number of fused-ring (bicyclic) bond motifs is 1. The highest BCUT2D eigenvalue weighted by Crippen LogP contribution is 2.42. The lowest BCUT2D eigenvalue weighted by molar-refractivity contribution is -0.130. The average Bonchev–Trinajstić information content (AvgIpc) is 2.96. The summed E-state index contributed by atoms with van der Waals surface area (Å²) in [5, 5.41) is 0.345. The van der Waals surface area contributed by atoms with Gasteiger partial charge >= 0.3 is 6.09 Å². The molecule has 5 rings (SSSR count). The van der Waals surface area contributed by atoms with Gasteiger partial charge in [0.15, 0.2) is 0 Å². The summed E-state index contributed by atoms with van der Waals surface area (Å²) in [6.45, 7) is 4.39. The minimum absolute atomic E-state index is 0.00657. The van der Waals surface area contributed by atoms with Gasteiger partial charge in [0.1, 0.15) is 5.82 Å². The summed E-state index contributed by atoms with van der Waals surface area (Å²) in [7, 11) is 0. The smallest absolute Gasteiger partial charge is 0.409 e. The van der Waals surface area contributed by atoms with E-state index in [0.29, 0.717) is 55.0 Å². The highest BCUT2D eigenvalue weighted by Gasteiger charge is 2.40. The van der Waals surface area contributed by atoms with Crippen LogP contribution in [0.5, 0.6) is 0 Å². The van der Waals surface area contributed by atoms with Crippen LogP contribution >= 0.6 is 11.8 Å². The monoisotopic (exact) mass is 551 g/mol. The van der Waals surface area contributed by atoms with Crippen molar-refractivity contribution in [3.63, 3.8) is 0 Å². The van der Waals surface area contributed by atoms with E-state index in [1.54, 1.807) is 52.8 Å². The molecule has 2 heterocycles. The van der Waals surface area contributed by atoms with Gasteiger partial charge in [0.2, 0.25) is 0 Å². The van der Waals surface area contributed by atoms with E-state index in [0.717, 1.165) is 36.8 Å². The Morgan fingerprint density at radius 1 is 0.974 bits per heavy atom. The lowest BCUT2D eigenvalue weighted by Gasteiger charge is -2.44. The Morgan fingerprint density at radius 3 is 2.33 bits per heavy atom. The van der Waals surface area contributed by atoms with Crippen LogP contribution in [0.3, 0.4) is 0 Å². The molecule has 3 amide bonds. The van der Waals surface area contributed by atoms with E-state index in [1.807, 2.05) is 23.1 Å². The van der Waals surface area contributed by atoms with Crippen LogP contribution in [-0.2, 0) is 16.1 Å². The van der Waals surface area contributed by atoms with Gasteiger partial charge in [0.05, 0.1) is 11.5 Å². The summed E-state index contributed by atoms with van der Waals surface area (Å²) in [6, 6.07) is 13.9. The zero-order valence-corrected chi connectivity index (χ0v) is 23.0. The quantitative estimate of drug-likeness (QED) is 0.480. The van der Waals surface area contributed by atoms with Gasteiger partial charge in [-0.1, -0.05) is 37.1 Å². The Balaban J connectivity index is 1.27. The van der Waals surface area contributed by atoms with Crippen LogP contribution in [-0.4, -0.2) is 76.7 Å². The van der Waals surface area contributed by atoms with Gasteiger partial charge in [-0.2, -0.15) is 0 Å². The number of thioether (sulfide) groups is 1. The fourth-order valence-corrected chi connectivity index (χ4v) is 6.98. The van der Waals surface area contributed by atoms with Crippen LogP contribution in [0.15, 0.2) is 53.4 Å². The predicted octanol–water partition coefficient (Wildman–Crippen LogP) is 5.17.